The van der Waals surface area contributed by atoms with Gasteiger partial charge in [0, 0.05) is 0 Å². The fourth-order valence-corrected chi connectivity index (χ4v) is 0.929. The summed E-state index contributed by atoms with van der Waals surface area (Å²) >= 11 is 0. The first-order valence-corrected chi connectivity index (χ1v) is 4.25. The zero-order valence-corrected chi connectivity index (χ0v) is 8.84. The molecule has 0 aliphatic rings. The number of carbonyl (C=O) groups excluding carboxylic acids is 1. The molecule has 0 bridgehead atoms. The maximum absolute atomic E-state index is 11.1. The average Bonchev–Trinajstić information content (AvgIpc) is 1.98. The maximum atomic E-state index is 11.1. The van der Waals surface area contributed by atoms with Gasteiger partial charge in [0.1, 0.15) is 6.04 Å². The maximum Gasteiger partial charge on any atom is 0.326 e. The van der Waals surface area contributed by atoms with E-state index in [1.807, 2.05) is 0 Å². The molecule has 4 nitrogen and oxygen atoms in total. The van der Waals surface area contributed by atoms with Gasteiger partial charge < -0.3 is 10.4 Å². The molecule has 0 heterocycles. The summed E-state index contributed by atoms with van der Waals surface area (Å²) in [5.74, 6) is 3.04. The van der Waals surface area contributed by atoms with Crippen LogP contribution in [0.2, 0.25) is 0 Å². The van der Waals surface area contributed by atoms with E-state index in [-0.39, 0.29) is 0 Å². The molecule has 2 N–H and O–H groups in total. The summed E-state index contributed by atoms with van der Waals surface area (Å²) in [6.45, 7) is 6.74. The van der Waals surface area contributed by atoms with Crippen molar-refractivity contribution in [1.82, 2.24) is 5.32 Å². The van der Waals surface area contributed by atoms with Gasteiger partial charge in [0.15, 0.2) is 0 Å². The summed E-state index contributed by atoms with van der Waals surface area (Å²) in [4.78, 5) is 21.9. The van der Waals surface area contributed by atoms with E-state index in [9.17, 15) is 9.59 Å². The predicted octanol–water partition coefficient (Wildman–Crippen LogP) is 0.625. The number of carbonyl (C=O) groups is 2. The molecule has 0 spiro atoms. The van der Waals surface area contributed by atoms with Crippen molar-refractivity contribution in [3.8, 4) is 11.8 Å². The summed E-state index contributed by atoms with van der Waals surface area (Å²) in [5.41, 5.74) is -0.531. The Bertz CT molecular complexity index is 291. The minimum Gasteiger partial charge on any atom is -0.480 e. The lowest BCUT2D eigenvalue weighted by Gasteiger charge is -2.26. The largest absolute Gasteiger partial charge is 0.480 e. The molecule has 4 heteroatoms. The second kappa shape index (κ2) is 4.66. The molecule has 0 aromatic rings. The van der Waals surface area contributed by atoms with Crippen LogP contribution in [0.15, 0.2) is 0 Å². The molecule has 0 aliphatic carbocycles. The van der Waals surface area contributed by atoms with E-state index in [2.05, 4.69) is 17.2 Å². The molecule has 1 atom stereocenters. The number of rotatable bonds is 2. The van der Waals surface area contributed by atoms with Gasteiger partial charge in [0.05, 0.1) is 0 Å². The molecular formula is C10H15NO3. The van der Waals surface area contributed by atoms with Crippen molar-refractivity contribution in [3.05, 3.63) is 0 Å². The number of hydrogen-bond acceptors (Lipinski definition) is 2. The van der Waals surface area contributed by atoms with Crippen molar-refractivity contribution in [3.63, 3.8) is 0 Å². The van der Waals surface area contributed by atoms with E-state index in [0.29, 0.717) is 0 Å². The Morgan fingerprint density at radius 2 is 1.86 bits per heavy atom. The van der Waals surface area contributed by atoms with Crippen LogP contribution in [0.5, 0.6) is 0 Å². The van der Waals surface area contributed by atoms with E-state index < -0.39 is 23.3 Å². The molecule has 0 saturated heterocycles. The lowest BCUT2D eigenvalue weighted by Crippen LogP contribution is -2.48. The van der Waals surface area contributed by atoms with Crippen LogP contribution in [-0.2, 0) is 9.59 Å². The third-order valence-electron chi connectivity index (χ3n) is 1.63. The second-order valence-electron chi connectivity index (χ2n) is 3.99. The predicted molar refractivity (Wildman–Crippen MR) is 52.5 cm³/mol. The number of amides is 1. The lowest BCUT2D eigenvalue weighted by atomic mass is 9.87. The fraction of sp³-hybridized carbons (Fsp3) is 0.600. The second-order valence-corrected chi connectivity index (χ2v) is 3.99. The van der Waals surface area contributed by atoms with Crippen molar-refractivity contribution in [1.29, 1.82) is 0 Å². The first-order chi connectivity index (χ1) is 6.29. The summed E-state index contributed by atoms with van der Waals surface area (Å²) in [7, 11) is 0. The number of nitrogens with one attached hydrogen (secondary N) is 1. The molecule has 0 saturated carbocycles. The molecule has 78 valence electrons. The van der Waals surface area contributed by atoms with E-state index in [4.69, 9.17) is 5.11 Å². The lowest BCUT2D eigenvalue weighted by molar-refractivity contribution is -0.144. The first kappa shape index (κ1) is 12.5. The minimum atomic E-state index is -1.05. The van der Waals surface area contributed by atoms with Crippen LogP contribution in [0.3, 0.4) is 0 Å². The Morgan fingerprint density at radius 1 is 1.36 bits per heavy atom. The highest BCUT2D eigenvalue weighted by molar-refractivity contribution is 5.96. The van der Waals surface area contributed by atoms with Gasteiger partial charge in [-0.2, -0.15) is 0 Å². The highest BCUT2D eigenvalue weighted by Crippen LogP contribution is 2.19. The van der Waals surface area contributed by atoms with Crippen molar-refractivity contribution in [2.24, 2.45) is 5.41 Å². The molecule has 0 radical (unpaired) electrons. The van der Waals surface area contributed by atoms with Gasteiger partial charge in [-0.05, 0) is 18.3 Å². The Kier molecular flexibility index (Phi) is 4.16. The quantitative estimate of drug-likeness (QED) is 0.638. The van der Waals surface area contributed by atoms with E-state index in [1.165, 1.54) is 6.92 Å². The molecule has 0 aromatic heterocycles. The van der Waals surface area contributed by atoms with Gasteiger partial charge >= 0.3 is 5.97 Å². The van der Waals surface area contributed by atoms with Gasteiger partial charge in [-0.1, -0.05) is 26.7 Å². The molecule has 0 aromatic carbocycles. The molecule has 0 aliphatic heterocycles. The Morgan fingerprint density at radius 3 is 2.14 bits per heavy atom. The van der Waals surface area contributed by atoms with Crippen LogP contribution in [0, 0.1) is 17.3 Å². The van der Waals surface area contributed by atoms with Crippen molar-refractivity contribution < 1.29 is 14.7 Å². The van der Waals surface area contributed by atoms with Gasteiger partial charge in [0.2, 0.25) is 0 Å². The van der Waals surface area contributed by atoms with Crippen LogP contribution in [0.4, 0.5) is 0 Å². The van der Waals surface area contributed by atoms with Crippen LogP contribution < -0.4 is 5.32 Å². The third-order valence-corrected chi connectivity index (χ3v) is 1.63. The van der Waals surface area contributed by atoms with E-state index in [1.54, 1.807) is 20.8 Å². The normalized spacial score (nSPS) is 12.3. The molecule has 1 unspecified atom stereocenters. The number of carboxylic acid groups (broad SMARTS) is 1. The monoisotopic (exact) mass is 197 g/mol. The summed E-state index contributed by atoms with van der Waals surface area (Å²) in [6.07, 6.45) is 0. The summed E-state index contributed by atoms with van der Waals surface area (Å²) in [6, 6.07) is -0.921. The van der Waals surface area contributed by atoms with Crippen LogP contribution in [0.1, 0.15) is 27.7 Å². The minimum absolute atomic E-state index is 0.531. The SMILES string of the molecule is CC#CC(=O)NC(C(=O)O)C(C)(C)C. The van der Waals surface area contributed by atoms with Gasteiger partial charge in [-0.3, -0.25) is 4.79 Å². The van der Waals surface area contributed by atoms with Crippen LogP contribution >= 0.6 is 0 Å². The van der Waals surface area contributed by atoms with Gasteiger partial charge in [-0.15, -0.1) is 0 Å². The highest BCUT2D eigenvalue weighted by atomic mass is 16.4. The summed E-state index contributed by atoms with van der Waals surface area (Å²) in [5, 5.41) is 11.2. The number of carboxylic acids is 1. The average molecular weight is 197 g/mol. The Labute approximate surface area is 83.7 Å². The summed E-state index contributed by atoms with van der Waals surface area (Å²) < 4.78 is 0. The molecule has 0 fully saturated rings. The molecule has 0 rings (SSSR count). The Hall–Kier alpha value is -1.50. The van der Waals surface area contributed by atoms with Crippen LogP contribution in [0.25, 0.3) is 0 Å². The molecular weight excluding hydrogens is 182 g/mol. The van der Waals surface area contributed by atoms with Crippen LogP contribution in [-0.4, -0.2) is 23.0 Å². The standard InChI is InChI=1S/C10H15NO3/c1-5-6-7(12)11-8(9(13)14)10(2,3)4/h8H,1-4H3,(H,11,12)(H,13,14). The zero-order chi connectivity index (χ0) is 11.4. The van der Waals surface area contributed by atoms with E-state index >= 15 is 0 Å². The molecule has 14 heavy (non-hydrogen) atoms. The van der Waals surface area contributed by atoms with Crippen molar-refractivity contribution in [2.75, 3.05) is 0 Å². The molecule has 1 amide bonds. The highest BCUT2D eigenvalue weighted by Gasteiger charge is 2.32. The number of hydrogen-bond donors (Lipinski definition) is 2. The Balaban J connectivity index is 4.61. The number of aliphatic carboxylic acids is 1. The first-order valence-electron chi connectivity index (χ1n) is 4.25. The smallest absolute Gasteiger partial charge is 0.326 e. The van der Waals surface area contributed by atoms with Gasteiger partial charge in [-0.25, -0.2) is 4.79 Å². The van der Waals surface area contributed by atoms with Crippen molar-refractivity contribution in [2.45, 2.75) is 33.7 Å². The van der Waals surface area contributed by atoms with Gasteiger partial charge in [0.25, 0.3) is 5.91 Å². The van der Waals surface area contributed by atoms with E-state index in [0.717, 1.165) is 0 Å². The zero-order valence-electron chi connectivity index (χ0n) is 8.84. The topological polar surface area (TPSA) is 66.4 Å². The van der Waals surface area contributed by atoms with Crippen molar-refractivity contribution >= 4 is 11.9 Å². The third kappa shape index (κ3) is 3.94. The fourth-order valence-electron chi connectivity index (χ4n) is 0.929.